The lowest BCUT2D eigenvalue weighted by Gasteiger charge is -2.36. The lowest BCUT2D eigenvalue weighted by Crippen LogP contribution is -2.54. The summed E-state index contributed by atoms with van der Waals surface area (Å²) in [6, 6.07) is 3.36. The zero-order chi connectivity index (χ0) is 20.0. The highest BCUT2D eigenvalue weighted by atomic mass is 32.2. The number of aliphatic imine (C=N–C) groups is 1. The first-order valence-corrected chi connectivity index (χ1v) is 12.1. The summed E-state index contributed by atoms with van der Waals surface area (Å²) in [6.07, 6.45) is 1.49. The first-order chi connectivity index (χ1) is 13.5. The van der Waals surface area contributed by atoms with E-state index in [-0.39, 0.29) is 11.7 Å². The SMILES string of the molecule is CN=C(NCCS(=O)(=O)N1CCSCC1)N1CCN(C(=O)c2ccco2)CC1. The molecule has 0 unspecified atom stereocenters. The molecule has 0 aliphatic carbocycles. The lowest BCUT2D eigenvalue weighted by molar-refractivity contribution is 0.0658. The molecule has 2 saturated heterocycles. The van der Waals surface area contributed by atoms with Gasteiger partial charge in [0.25, 0.3) is 5.91 Å². The summed E-state index contributed by atoms with van der Waals surface area (Å²) in [4.78, 5) is 20.4. The van der Waals surface area contributed by atoms with Crippen molar-refractivity contribution < 1.29 is 17.6 Å². The number of nitrogens with one attached hydrogen (secondary N) is 1. The normalized spacial score (nSPS) is 19.7. The molecule has 0 radical (unpaired) electrons. The second kappa shape index (κ2) is 9.66. The number of guanidine groups is 1. The number of piperazine rings is 1. The van der Waals surface area contributed by atoms with Crippen LogP contribution in [0.5, 0.6) is 0 Å². The molecule has 2 aliphatic rings. The van der Waals surface area contributed by atoms with Crippen molar-refractivity contribution in [3.05, 3.63) is 24.2 Å². The summed E-state index contributed by atoms with van der Waals surface area (Å²) in [6.45, 7) is 3.86. The van der Waals surface area contributed by atoms with Gasteiger partial charge in [0, 0.05) is 64.4 Å². The van der Waals surface area contributed by atoms with Crippen LogP contribution in [-0.2, 0) is 10.0 Å². The molecule has 9 nitrogen and oxygen atoms in total. The molecule has 1 aromatic heterocycles. The van der Waals surface area contributed by atoms with Crippen LogP contribution in [0.3, 0.4) is 0 Å². The maximum absolute atomic E-state index is 12.4. The Bertz CT molecular complexity index is 767. The number of amides is 1. The Morgan fingerprint density at radius 1 is 1.18 bits per heavy atom. The summed E-state index contributed by atoms with van der Waals surface area (Å²) in [5, 5.41) is 3.15. The zero-order valence-corrected chi connectivity index (χ0v) is 17.7. The topological polar surface area (TPSA) is 98.5 Å². The van der Waals surface area contributed by atoms with Gasteiger partial charge in [-0.2, -0.15) is 11.8 Å². The first-order valence-electron chi connectivity index (χ1n) is 9.35. The third-order valence-corrected chi connectivity index (χ3v) is 7.63. The van der Waals surface area contributed by atoms with E-state index in [1.54, 1.807) is 40.1 Å². The van der Waals surface area contributed by atoms with Crippen molar-refractivity contribution in [2.45, 2.75) is 0 Å². The van der Waals surface area contributed by atoms with Gasteiger partial charge in [0.1, 0.15) is 0 Å². The number of carbonyl (C=O) groups excluding carboxylic acids is 1. The van der Waals surface area contributed by atoms with E-state index in [1.807, 2.05) is 4.90 Å². The number of hydrogen-bond donors (Lipinski definition) is 1. The van der Waals surface area contributed by atoms with Crippen molar-refractivity contribution in [1.29, 1.82) is 0 Å². The number of hydrogen-bond acceptors (Lipinski definition) is 6. The Hall–Kier alpha value is -1.72. The molecule has 2 aliphatic heterocycles. The number of nitrogens with zero attached hydrogens (tertiary/aromatic N) is 4. The number of sulfonamides is 1. The second-order valence-corrected chi connectivity index (χ2v) is 9.87. The van der Waals surface area contributed by atoms with E-state index >= 15 is 0 Å². The van der Waals surface area contributed by atoms with Crippen molar-refractivity contribution >= 4 is 33.7 Å². The second-order valence-electron chi connectivity index (χ2n) is 6.56. The Kier molecular flexibility index (Phi) is 7.24. The summed E-state index contributed by atoms with van der Waals surface area (Å²) < 4.78 is 31.6. The Labute approximate surface area is 170 Å². The molecule has 2 fully saturated rings. The van der Waals surface area contributed by atoms with Crippen LogP contribution in [0.15, 0.2) is 27.8 Å². The van der Waals surface area contributed by atoms with E-state index in [0.29, 0.717) is 57.5 Å². The average Bonchev–Trinajstić information content (AvgIpc) is 3.26. The van der Waals surface area contributed by atoms with Crippen LogP contribution in [0.2, 0.25) is 0 Å². The summed E-state index contributed by atoms with van der Waals surface area (Å²) in [5.41, 5.74) is 0. The minimum absolute atomic E-state index is 0.0492. The molecule has 28 heavy (non-hydrogen) atoms. The predicted molar refractivity (Wildman–Crippen MR) is 110 cm³/mol. The van der Waals surface area contributed by atoms with Crippen LogP contribution in [0.4, 0.5) is 0 Å². The highest BCUT2D eigenvalue weighted by Gasteiger charge is 2.26. The third-order valence-electron chi connectivity index (χ3n) is 4.82. The molecule has 156 valence electrons. The van der Waals surface area contributed by atoms with E-state index in [9.17, 15) is 13.2 Å². The van der Waals surface area contributed by atoms with Gasteiger partial charge in [-0.25, -0.2) is 12.7 Å². The maximum Gasteiger partial charge on any atom is 0.289 e. The standard InChI is InChI=1S/C17H27N5O4S2/c1-18-17(19-4-14-28(24,25)22-9-12-27-13-10-22)21-7-5-20(6-8-21)16(23)15-3-2-11-26-15/h2-3,11H,4-10,12-14H2,1H3,(H,18,19). The van der Waals surface area contributed by atoms with Gasteiger partial charge in [-0.1, -0.05) is 0 Å². The molecule has 1 aromatic rings. The Morgan fingerprint density at radius 3 is 2.46 bits per heavy atom. The lowest BCUT2D eigenvalue weighted by atomic mass is 10.3. The third kappa shape index (κ3) is 5.21. The van der Waals surface area contributed by atoms with Gasteiger partial charge in [-0.3, -0.25) is 9.79 Å². The number of carbonyl (C=O) groups is 1. The highest BCUT2D eigenvalue weighted by molar-refractivity contribution is 7.99. The van der Waals surface area contributed by atoms with Crippen LogP contribution in [0, 0.1) is 0 Å². The minimum Gasteiger partial charge on any atom is -0.459 e. The van der Waals surface area contributed by atoms with Crippen LogP contribution in [0.1, 0.15) is 10.6 Å². The average molecular weight is 430 g/mol. The fraction of sp³-hybridized carbons (Fsp3) is 0.647. The molecule has 0 bridgehead atoms. The van der Waals surface area contributed by atoms with Gasteiger partial charge < -0.3 is 19.5 Å². The van der Waals surface area contributed by atoms with E-state index in [2.05, 4.69) is 10.3 Å². The summed E-state index contributed by atoms with van der Waals surface area (Å²) >= 11 is 1.79. The van der Waals surface area contributed by atoms with Gasteiger partial charge in [0.05, 0.1) is 12.0 Å². The van der Waals surface area contributed by atoms with E-state index in [4.69, 9.17) is 4.42 Å². The molecule has 0 spiro atoms. The van der Waals surface area contributed by atoms with Gasteiger partial charge in [0.15, 0.2) is 11.7 Å². The van der Waals surface area contributed by atoms with Crippen molar-refractivity contribution in [1.82, 2.24) is 19.4 Å². The molecule has 1 amide bonds. The molecular weight excluding hydrogens is 402 g/mol. The van der Waals surface area contributed by atoms with Crippen LogP contribution in [-0.4, -0.2) is 105 Å². The summed E-state index contributed by atoms with van der Waals surface area (Å²) in [5.74, 6) is 2.66. The fourth-order valence-corrected chi connectivity index (χ4v) is 5.75. The van der Waals surface area contributed by atoms with E-state index in [0.717, 1.165) is 11.5 Å². The number of furan rings is 1. The predicted octanol–water partition coefficient (Wildman–Crippen LogP) is -0.00860. The quantitative estimate of drug-likeness (QED) is 0.519. The van der Waals surface area contributed by atoms with Crippen LogP contribution >= 0.6 is 11.8 Å². The molecule has 0 saturated carbocycles. The Morgan fingerprint density at radius 2 is 1.86 bits per heavy atom. The monoisotopic (exact) mass is 429 g/mol. The molecule has 0 atom stereocenters. The fourth-order valence-electron chi connectivity index (χ4n) is 3.26. The van der Waals surface area contributed by atoms with Gasteiger partial charge in [-0.05, 0) is 12.1 Å². The molecular formula is C17H27N5O4S2. The van der Waals surface area contributed by atoms with E-state index < -0.39 is 10.0 Å². The molecule has 3 heterocycles. The van der Waals surface area contributed by atoms with Gasteiger partial charge in [-0.15, -0.1) is 0 Å². The van der Waals surface area contributed by atoms with Crippen LogP contribution < -0.4 is 5.32 Å². The zero-order valence-electron chi connectivity index (χ0n) is 16.0. The number of thioether (sulfide) groups is 1. The molecule has 3 rings (SSSR count). The number of rotatable bonds is 5. The molecule has 11 heteroatoms. The largest absolute Gasteiger partial charge is 0.459 e. The van der Waals surface area contributed by atoms with Crippen molar-refractivity contribution in [2.75, 3.05) is 70.1 Å². The first kappa shape index (κ1) is 21.0. The minimum atomic E-state index is -3.24. The maximum atomic E-state index is 12.4. The molecule has 1 N–H and O–H groups in total. The smallest absolute Gasteiger partial charge is 0.289 e. The highest BCUT2D eigenvalue weighted by Crippen LogP contribution is 2.13. The molecule has 0 aromatic carbocycles. The van der Waals surface area contributed by atoms with Crippen molar-refractivity contribution in [3.63, 3.8) is 0 Å². The van der Waals surface area contributed by atoms with E-state index in [1.165, 1.54) is 6.26 Å². The van der Waals surface area contributed by atoms with Crippen molar-refractivity contribution in [3.8, 4) is 0 Å². The van der Waals surface area contributed by atoms with Gasteiger partial charge in [0.2, 0.25) is 10.0 Å². The van der Waals surface area contributed by atoms with Gasteiger partial charge >= 0.3 is 0 Å². The van der Waals surface area contributed by atoms with Crippen LogP contribution in [0.25, 0.3) is 0 Å². The Balaban J connectivity index is 1.45. The summed E-state index contributed by atoms with van der Waals surface area (Å²) in [7, 11) is -1.56. The van der Waals surface area contributed by atoms with Crippen molar-refractivity contribution in [2.24, 2.45) is 4.99 Å².